The number of methoxy groups -OCH3 is 1. The molecule has 0 amide bonds. The van der Waals surface area contributed by atoms with Crippen molar-refractivity contribution in [2.75, 3.05) is 40.4 Å². The molecular formula is C19H32NO3+. The molecule has 0 N–H and O–H groups in total. The van der Waals surface area contributed by atoms with Gasteiger partial charge in [0.05, 0.1) is 46.0 Å². The molecule has 0 aliphatic heterocycles. The average molecular weight is 322 g/mol. The largest absolute Gasteiger partial charge is 0.497 e. The molecule has 1 aromatic rings. The molecule has 0 saturated heterocycles. The highest BCUT2D eigenvalue weighted by atomic mass is 16.5. The van der Waals surface area contributed by atoms with E-state index < -0.39 is 0 Å². The van der Waals surface area contributed by atoms with Crippen LogP contribution in [0.3, 0.4) is 0 Å². The lowest BCUT2D eigenvalue weighted by Crippen LogP contribution is -2.44. The Hall–Kier alpha value is -1.55. The van der Waals surface area contributed by atoms with Crippen molar-refractivity contribution in [1.82, 2.24) is 0 Å². The lowest BCUT2D eigenvalue weighted by Gasteiger charge is -2.32. The van der Waals surface area contributed by atoms with Crippen LogP contribution in [0.15, 0.2) is 24.3 Å². The Kier molecular flexibility index (Phi) is 8.70. The highest BCUT2D eigenvalue weighted by Gasteiger charge is 2.14. The highest BCUT2D eigenvalue weighted by molar-refractivity contribution is 5.89. The Morgan fingerprint density at radius 1 is 1.00 bits per heavy atom. The van der Waals surface area contributed by atoms with Crippen LogP contribution < -0.4 is 4.74 Å². The van der Waals surface area contributed by atoms with Gasteiger partial charge in [0, 0.05) is 0 Å². The predicted molar refractivity (Wildman–Crippen MR) is 93.9 cm³/mol. The van der Waals surface area contributed by atoms with Crippen LogP contribution in [-0.2, 0) is 4.74 Å². The Labute approximate surface area is 141 Å². The number of hydrogen-bond donors (Lipinski definition) is 0. The second-order valence-corrected chi connectivity index (χ2v) is 6.25. The topological polar surface area (TPSA) is 35.5 Å². The lowest BCUT2D eigenvalue weighted by atomic mass is 10.2. The fourth-order valence-corrected chi connectivity index (χ4v) is 2.46. The summed E-state index contributed by atoms with van der Waals surface area (Å²) in [5.41, 5.74) is 0.574. The fraction of sp³-hybridized carbons (Fsp3) is 0.632. The van der Waals surface area contributed by atoms with Gasteiger partial charge >= 0.3 is 5.97 Å². The van der Waals surface area contributed by atoms with Crippen molar-refractivity contribution in [2.24, 2.45) is 0 Å². The summed E-state index contributed by atoms with van der Waals surface area (Å²) in [6.45, 7) is 8.62. The Bertz CT molecular complexity index is 452. The summed E-state index contributed by atoms with van der Waals surface area (Å²) in [6.07, 6.45) is 4.49. The fourth-order valence-electron chi connectivity index (χ4n) is 2.46. The van der Waals surface area contributed by atoms with E-state index in [0.29, 0.717) is 12.2 Å². The first-order chi connectivity index (χ1) is 11.0. The molecule has 4 nitrogen and oxygen atoms in total. The lowest BCUT2D eigenvalue weighted by molar-refractivity contribution is -0.906. The van der Waals surface area contributed by atoms with Crippen LogP contribution in [0, 0.1) is 0 Å². The van der Waals surface area contributed by atoms with Crippen LogP contribution >= 0.6 is 0 Å². The molecule has 0 atom stereocenters. The molecule has 0 unspecified atom stereocenters. The number of rotatable bonds is 11. The number of unbranched alkanes of at least 4 members (excludes halogenated alkanes) is 3. The maximum atomic E-state index is 11.9. The maximum absolute atomic E-state index is 11.9. The first kappa shape index (κ1) is 19.5. The van der Waals surface area contributed by atoms with E-state index in [0.717, 1.165) is 23.1 Å². The zero-order valence-corrected chi connectivity index (χ0v) is 15.1. The smallest absolute Gasteiger partial charge is 0.338 e. The quantitative estimate of drug-likeness (QED) is 0.352. The Morgan fingerprint density at radius 3 is 2.17 bits per heavy atom. The van der Waals surface area contributed by atoms with Crippen LogP contribution in [0.4, 0.5) is 0 Å². The molecule has 23 heavy (non-hydrogen) atoms. The van der Waals surface area contributed by atoms with Gasteiger partial charge in [0.1, 0.15) is 5.75 Å². The van der Waals surface area contributed by atoms with Gasteiger partial charge < -0.3 is 14.0 Å². The summed E-state index contributed by atoms with van der Waals surface area (Å²) in [5.74, 6) is 0.486. The van der Waals surface area contributed by atoms with E-state index in [2.05, 4.69) is 20.9 Å². The van der Waals surface area contributed by atoms with Gasteiger partial charge in [-0.05, 0) is 63.8 Å². The molecule has 0 aromatic heterocycles. The van der Waals surface area contributed by atoms with Gasteiger partial charge in [0.25, 0.3) is 0 Å². The molecule has 4 heteroatoms. The summed E-state index contributed by atoms with van der Waals surface area (Å²) in [5, 5.41) is 0. The monoisotopic (exact) mass is 322 g/mol. The third-order valence-electron chi connectivity index (χ3n) is 4.68. The standard InChI is InChI=1S/C19H32NO3/c1-5-20(3,6-2)15-9-7-8-10-16-23-19(21)17-11-13-18(22-4)14-12-17/h11-14H,5-10,15-16H2,1-4H3/q+1. The minimum atomic E-state index is -0.256. The van der Waals surface area contributed by atoms with Crippen molar-refractivity contribution in [2.45, 2.75) is 39.5 Å². The van der Waals surface area contributed by atoms with E-state index in [9.17, 15) is 4.79 Å². The number of carbonyl (C=O) groups is 1. The van der Waals surface area contributed by atoms with Crippen molar-refractivity contribution in [3.8, 4) is 5.75 Å². The number of ether oxygens (including phenoxy) is 2. The normalized spacial score (nSPS) is 11.3. The zero-order valence-electron chi connectivity index (χ0n) is 15.1. The van der Waals surface area contributed by atoms with Crippen LogP contribution in [-0.4, -0.2) is 50.9 Å². The van der Waals surface area contributed by atoms with E-state index in [1.54, 1.807) is 31.4 Å². The summed E-state index contributed by atoms with van der Waals surface area (Å²) in [4.78, 5) is 11.9. The zero-order chi connectivity index (χ0) is 17.1. The molecule has 0 heterocycles. The van der Waals surface area contributed by atoms with E-state index in [1.807, 2.05) is 0 Å². The minimum Gasteiger partial charge on any atom is -0.497 e. The molecule has 0 aliphatic carbocycles. The number of carbonyl (C=O) groups excluding carboxylic acids is 1. The minimum absolute atomic E-state index is 0.256. The van der Waals surface area contributed by atoms with Gasteiger partial charge in [-0.3, -0.25) is 0 Å². The summed E-state index contributed by atoms with van der Waals surface area (Å²) in [6, 6.07) is 7.01. The van der Waals surface area contributed by atoms with Gasteiger partial charge in [-0.2, -0.15) is 0 Å². The molecule has 1 rings (SSSR count). The van der Waals surface area contributed by atoms with Crippen LogP contribution in [0.5, 0.6) is 5.75 Å². The number of hydrogen-bond acceptors (Lipinski definition) is 3. The van der Waals surface area contributed by atoms with E-state index >= 15 is 0 Å². The molecule has 0 spiro atoms. The van der Waals surface area contributed by atoms with Crippen molar-refractivity contribution in [1.29, 1.82) is 0 Å². The summed E-state index contributed by atoms with van der Waals surface area (Å²) < 4.78 is 11.5. The molecule has 1 aromatic carbocycles. The molecule has 0 fully saturated rings. The number of esters is 1. The highest BCUT2D eigenvalue weighted by Crippen LogP contribution is 2.12. The molecule has 130 valence electrons. The Balaban J connectivity index is 2.13. The predicted octanol–water partition coefficient (Wildman–Crippen LogP) is 3.90. The van der Waals surface area contributed by atoms with Gasteiger partial charge in [0.15, 0.2) is 0 Å². The Morgan fingerprint density at radius 2 is 1.61 bits per heavy atom. The SMILES string of the molecule is CC[N+](C)(CC)CCCCCCOC(=O)c1ccc(OC)cc1. The van der Waals surface area contributed by atoms with Crippen molar-refractivity contribution < 1.29 is 18.8 Å². The van der Waals surface area contributed by atoms with Gasteiger partial charge in [-0.25, -0.2) is 4.79 Å². The molecule has 0 radical (unpaired) electrons. The second-order valence-electron chi connectivity index (χ2n) is 6.25. The van der Waals surface area contributed by atoms with E-state index in [1.165, 1.54) is 32.5 Å². The van der Waals surface area contributed by atoms with Gasteiger partial charge in [0.2, 0.25) is 0 Å². The first-order valence-electron chi connectivity index (χ1n) is 8.69. The third kappa shape index (κ3) is 7.04. The third-order valence-corrected chi connectivity index (χ3v) is 4.68. The van der Waals surface area contributed by atoms with Crippen LogP contribution in [0.25, 0.3) is 0 Å². The second kappa shape index (κ2) is 10.3. The summed E-state index contributed by atoms with van der Waals surface area (Å²) in [7, 11) is 3.92. The van der Waals surface area contributed by atoms with Gasteiger partial charge in [-0.1, -0.05) is 0 Å². The molecule has 0 bridgehead atoms. The number of nitrogens with zero attached hydrogens (tertiary/aromatic N) is 1. The molecule has 0 saturated carbocycles. The van der Waals surface area contributed by atoms with E-state index in [4.69, 9.17) is 9.47 Å². The number of benzene rings is 1. The van der Waals surface area contributed by atoms with Crippen molar-refractivity contribution in [3.63, 3.8) is 0 Å². The number of quaternary nitrogens is 1. The van der Waals surface area contributed by atoms with Crippen LogP contribution in [0.1, 0.15) is 49.9 Å². The molecular weight excluding hydrogens is 290 g/mol. The van der Waals surface area contributed by atoms with E-state index in [-0.39, 0.29) is 5.97 Å². The average Bonchev–Trinajstić information content (AvgIpc) is 2.60. The van der Waals surface area contributed by atoms with Gasteiger partial charge in [-0.15, -0.1) is 0 Å². The molecule has 0 aliphatic rings. The van der Waals surface area contributed by atoms with Crippen molar-refractivity contribution >= 4 is 5.97 Å². The maximum Gasteiger partial charge on any atom is 0.338 e. The van der Waals surface area contributed by atoms with Crippen molar-refractivity contribution in [3.05, 3.63) is 29.8 Å². The van der Waals surface area contributed by atoms with Crippen LogP contribution in [0.2, 0.25) is 0 Å². The first-order valence-corrected chi connectivity index (χ1v) is 8.69. The summed E-state index contributed by atoms with van der Waals surface area (Å²) >= 11 is 0.